The van der Waals surface area contributed by atoms with Gasteiger partial charge in [-0.1, -0.05) is 36.4 Å². The molecule has 0 bridgehead atoms. The zero-order chi connectivity index (χ0) is 26.1. The summed E-state index contributed by atoms with van der Waals surface area (Å²) in [5.74, 6) is -1.19. The molecule has 37 heavy (non-hydrogen) atoms. The van der Waals surface area contributed by atoms with Crippen LogP contribution in [0.15, 0.2) is 87.1 Å². The molecule has 1 atom stereocenters. The molecule has 0 unspecified atom stereocenters. The van der Waals surface area contributed by atoms with Crippen molar-refractivity contribution in [3.05, 3.63) is 98.8 Å². The van der Waals surface area contributed by atoms with E-state index in [4.69, 9.17) is 9.15 Å². The Bertz CT molecular complexity index is 1740. The minimum atomic E-state index is -1.37. The van der Waals surface area contributed by atoms with E-state index in [0.29, 0.717) is 16.5 Å². The molecule has 0 radical (unpaired) electrons. The zero-order valence-electron chi connectivity index (χ0n) is 19.3. The van der Waals surface area contributed by atoms with Gasteiger partial charge in [-0.05, 0) is 37.3 Å². The van der Waals surface area contributed by atoms with Gasteiger partial charge in [0.25, 0.3) is 5.56 Å². The van der Waals surface area contributed by atoms with E-state index in [1.807, 2.05) is 18.2 Å². The lowest BCUT2D eigenvalue weighted by molar-refractivity contribution is -0.386. The normalized spacial score (nSPS) is 12.2. The number of carboxylic acids is 1. The first-order valence-electron chi connectivity index (χ1n) is 11.1. The molecule has 184 valence electrons. The van der Waals surface area contributed by atoms with Gasteiger partial charge < -0.3 is 14.3 Å². The van der Waals surface area contributed by atoms with Gasteiger partial charge in [-0.15, -0.1) is 0 Å². The monoisotopic (exact) mass is 498 g/mol. The van der Waals surface area contributed by atoms with Gasteiger partial charge >= 0.3 is 11.7 Å². The van der Waals surface area contributed by atoms with Crippen molar-refractivity contribution in [2.75, 3.05) is 0 Å². The number of ether oxygens (including phenoxy) is 1. The van der Waals surface area contributed by atoms with Gasteiger partial charge in [0.15, 0.2) is 11.9 Å². The lowest BCUT2D eigenvalue weighted by Gasteiger charge is -2.13. The summed E-state index contributed by atoms with van der Waals surface area (Å²) in [7, 11) is 0. The van der Waals surface area contributed by atoms with Gasteiger partial charge in [-0.25, -0.2) is 9.78 Å². The highest BCUT2D eigenvalue weighted by molar-refractivity contribution is 5.87. The minimum Gasteiger partial charge on any atom is -0.479 e. The fraction of sp³-hybridized carbons (Fsp3) is 0.0769. The predicted molar refractivity (Wildman–Crippen MR) is 135 cm³/mol. The average Bonchev–Trinajstić information content (AvgIpc) is 3.32. The smallest absolute Gasteiger partial charge is 0.344 e. The third-order valence-electron chi connectivity index (χ3n) is 5.58. The number of hydrogen-bond acceptors (Lipinski definition) is 8. The highest BCUT2D eigenvalue weighted by atomic mass is 16.6. The van der Waals surface area contributed by atoms with E-state index in [9.17, 15) is 24.8 Å². The Morgan fingerprint density at radius 3 is 2.68 bits per heavy atom. The SMILES string of the molecule is C[C@@H](Oc1c(C=Nn2c(-c3cc4ccccc4o3)nc3ccccc3c2=O)cccc1[N+](=O)[O-])C(=O)O. The lowest BCUT2D eigenvalue weighted by Crippen LogP contribution is -2.24. The predicted octanol–water partition coefficient (Wildman–Crippen LogP) is 4.45. The molecule has 2 heterocycles. The Labute approximate surface area is 208 Å². The van der Waals surface area contributed by atoms with Crippen LogP contribution in [-0.2, 0) is 4.79 Å². The van der Waals surface area contributed by atoms with Crippen molar-refractivity contribution in [1.82, 2.24) is 9.66 Å². The molecular formula is C26H18N4O7. The molecule has 0 amide bonds. The largest absolute Gasteiger partial charge is 0.479 e. The average molecular weight is 498 g/mol. The summed E-state index contributed by atoms with van der Waals surface area (Å²) in [6.07, 6.45) is -0.189. The molecular weight excluding hydrogens is 480 g/mol. The maximum atomic E-state index is 13.4. The highest BCUT2D eigenvalue weighted by Crippen LogP contribution is 2.31. The van der Waals surface area contributed by atoms with Crippen molar-refractivity contribution in [3.8, 4) is 17.3 Å². The number of hydrogen-bond donors (Lipinski definition) is 1. The maximum absolute atomic E-state index is 13.4. The number of nitro groups is 1. The Morgan fingerprint density at radius 2 is 1.92 bits per heavy atom. The molecule has 1 N–H and O–H groups in total. The quantitative estimate of drug-likeness (QED) is 0.196. The third kappa shape index (κ3) is 4.41. The van der Waals surface area contributed by atoms with Crippen molar-refractivity contribution in [1.29, 1.82) is 0 Å². The van der Waals surface area contributed by atoms with Crippen molar-refractivity contribution in [3.63, 3.8) is 0 Å². The lowest BCUT2D eigenvalue weighted by atomic mass is 10.2. The van der Waals surface area contributed by atoms with E-state index in [0.717, 1.165) is 10.1 Å². The van der Waals surface area contributed by atoms with Crippen LogP contribution in [0.4, 0.5) is 5.69 Å². The Morgan fingerprint density at radius 1 is 1.16 bits per heavy atom. The van der Waals surface area contributed by atoms with Crippen LogP contribution in [-0.4, -0.2) is 38.0 Å². The van der Waals surface area contributed by atoms with Crippen LogP contribution in [0.3, 0.4) is 0 Å². The number of aliphatic carboxylic acids is 1. The van der Waals surface area contributed by atoms with Gasteiger partial charge in [-0.2, -0.15) is 9.78 Å². The summed E-state index contributed by atoms with van der Waals surface area (Å²) in [5, 5.41) is 26.2. The van der Waals surface area contributed by atoms with Crippen LogP contribution in [0, 0.1) is 10.1 Å². The topological polar surface area (TPSA) is 150 Å². The number of para-hydroxylation sites is 3. The van der Waals surface area contributed by atoms with Gasteiger partial charge in [-0.3, -0.25) is 14.9 Å². The molecule has 0 spiro atoms. The fourth-order valence-corrected chi connectivity index (χ4v) is 3.75. The second kappa shape index (κ2) is 9.38. The van der Waals surface area contributed by atoms with Crippen LogP contribution < -0.4 is 10.3 Å². The van der Waals surface area contributed by atoms with Crippen LogP contribution >= 0.6 is 0 Å². The summed E-state index contributed by atoms with van der Waals surface area (Å²) < 4.78 is 12.3. The minimum absolute atomic E-state index is 0.0953. The molecule has 0 aliphatic rings. The fourth-order valence-electron chi connectivity index (χ4n) is 3.75. The summed E-state index contributed by atoms with van der Waals surface area (Å²) in [6, 6.07) is 19.8. The Balaban J connectivity index is 1.70. The number of carbonyl (C=O) groups is 1. The van der Waals surface area contributed by atoms with Crippen LogP contribution in [0.2, 0.25) is 0 Å². The van der Waals surface area contributed by atoms with E-state index >= 15 is 0 Å². The molecule has 11 nitrogen and oxygen atoms in total. The van der Waals surface area contributed by atoms with E-state index < -0.39 is 28.2 Å². The first-order chi connectivity index (χ1) is 17.8. The number of carboxylic acid groups (broad SMARTS) is 1. The highest BCUT2D eigenvalue weighted by Gasteiger charge is 2.24. The van der Waals surface area contributed by atoms with E-state index in [1.165, 1.54) is 31.3 Å². The molecule has 0 aliphatic heterocycles. The van der Waals surface area contributed by atoms with Crippen LogP contribution in [0.1, 0.15) is 12.5 Å². The molecule has 0 aliphatic carbocycles. The van der Waals surface area contributed by atoms with Gasteiger partial charge in [0.2, 0.25) is 11.6 Å². The molecule has 5 rings (SSSR count). The van der Waals surface area contributed by atoms with Crippen molar-refractivity contribution < 1.29 is 24.0 Å². The number of nitrogens with zero attached hydrogens (tertiary/aromatic N) is 4. The molecule has 0 saturated heterocycles. The van der Waals surface area contributed by atoms with E-state index in [1.54, 1.807) is 36.4 Å². The summed E-state index contributed by atoms with van der Waals surface area (Å²) in [4.78, 5) is 40.2. The summed E-state index contributed by atoms with van der Waals surface area (Å²) in [5.41, 5.74) is 0.178. The van der Waals surface area contributed by atoms with Crippen molar-refractivity contribution in [2.45, 2.75) is 13.0 Å². The van der Waals surface area contributed by atoms with E-state index in [-0.39, 0.29) is 22.9 Å². The number of fused-ring (bicyclic) bond motifs is 2. The maximum Gasteiger partial charge on any atom is 0.344 e. The molecule has 0 saturated carbocycles. The number of benzene rings is 3. The van der Waals surface area contributed by atoms with Gasteiger partial charge in [0, 0.05) is 17.0 Å². The first-order valence-corrected chi connectivity index (χ1v) is 11.1. The molecule has 11 heteroatoms. The number of rotatable bonds is 7. The molecule has 0 fully saturated rings. The van der Waals surface area contributed by atoms with E-state index in [2.05, 4.69) is 10.1 Å². The second-order valence-electron chi connectivity index (χ2n) is 8.01. The number of nitro benzene ring substituents is 1. The number of furan rings is 1. The first kappa shape index (κ1) is 23.4. The van der Waals surface area contributed by atoms with Crippen molar-refractivity contribution >= 4 is 39.7 Å². The third-order valence-corrected chi connectivity index (χ3v) is 5.58. The molecule has 2 aromatic heterocycles. The summed E-state index contributed by atoms with van der Waals surface area (Å²) >= 11 is 0. The Kier molecular flexibility index (Phi) is 5.94. The van der Waals surface area contributed by atoms with Gasteiger partial charge in [0.05, 0.1) is 22.0 Å². The molecule has 5 aromatic rings. The standard InChI is InChI=1S/C26H18N4O7/c1-15(26(32)33)36-23-17(8-6-11-20(23)30(34)35)14-27-29-24(22-13-16-7-2-5-12-21(16)37-22)28-19-10-4-3-9-18(19)25(29)31/h2-15H,1H3,(H,32,33)/t15-/m1/s1. The zero-order valence-corrected chi connectivity index (χ0v) is 19.3. The van der Waals surface area contributed by atoms with Crippen LogP contribution in [0.5, 0.6) is 5.75 Å². The second-order valence-corrected chi connectivity index (χ2v) is 8.01. The summed E-state index contributed by atoms with van der Waals surface area (Å²) in [6.45, 7) is 1.25. The Hall–Kier alpha value is -5.32. The van der Waals surface area contributed by atoms with Gasteiger partial charge in [0.1, 0.15) is 5.58 Å². The van der Waals surface area contributed by atoms with Crippen LogP contribution in [0.25, 0.3) is 33.5 Å². The molecule has 3 aromatic carbocycles. The van der Waals surface area contributed by atoms with Crippen molar-refractivity contribution in [2.24, 2.45) is 5.10 Å². The number of aromatic nitrogens is 2.